The van der Waals surface area contributed by atoms with Crippen molar-refractivity contribution in [1.82, 2.24) is 20.5 Å². The number of aromatic nitrogens is 1. The van der Waals surface area contributed by atoms with Gasteiger partial charge in [-0.25, -0.2) is 0 Å². The molecule has 4 atom stereocenters. The number of H-pyrrole nitrogens is 1. The average molecular weight is 473 g/mol. The standard InChI is InChI=1S/C28H32N4O3/c1-5-16(4)29-27(34)23(15(2)3)31-26(33)22-14-20-17-10-8-9-13-21(17)30-24(20)25-18-11-6-7-12-19(18)28(35)32(22)25/h6-13,15-16,22-23,25,30H,5,14H2,1-4H3,(H,29,34)(H,31,33)/t16-,22+,23+,25-/m1/s1. The minimum atomic E-state index is -0.718. The molecule has 3 heterocycles. The molecule has 182 valence electrons. The highest BCUT2D eigenvalue weighted by molar-refractivity contribution is 6.04. The first-order valence-corrected chi connectivity index (χ1v) is 12.4. The van der Waals surface area contributed by atoms with Crippen molar-refractivity contribution in [3.05, 3.63) is 70.9 Å². The van der Waals surface area contributed by atoms with Crippen LogP contribution >= 0.6 is 0 Å². The van der Waals surface area contributed by atoms with Crippen molar-refractivity contribution in [1.29, 1.82) is 0 Å². The molecule has 2 aliphatic rings. The molecule has 7 heteroatoms. The van der Waals surface area contributed by atoms with Crippen LogP contribution in [0.15, 0.2) is 48.5 Å². The van der Waals surface area contributed by atoms with Gasteiger partial charge in [-0.05, 0) is 42.5 Å². The number of para-hydroxylation sites is 1. The first-order valence-electron chi connectivity index (χ1n) is 12.4. The Balaban J connectivity index is 1.54. The van der Waals surface area contributed by atoms with E-state index < -0.39 is 12.1 Å². The van der Waals surface area contributed by atoms with Gasteiger partial charge in [-0.2, -0.15) is 0 Å². The molecule has 3 amide bonds. The number of hydrogen-bond donors (Lipinski definition) is 3. The fourth-order valence-corrected chi connectivity index (χ4v) is 5.36. The maximum Gasteiger partial charge on any atom is 0.255 e. The highest BCUT2D eigenvalue weighted by atomic mass is 16.2. The molecular weight excluding hydrogens is 440 g/mol. The molecular formula is C28H32N4O3. The van der Waals surface area contributed by atoms with Gasteiger partial charge in [0.25, 0.3) is 5.91 Å². The third-order valence-electron chi connectivity index (χ3n) is 7.40. The van der Waals surface area contributed by atoms with E-state index in [2.05, 4.69) is 21.7 Å². The molecule has 0 saturated carbocycles. The van der Waals surface area contributed by atoms with Gasteiger partial charge in [0, 0.05) is 34.6 Å². The van der Waals surface area contributed by atoms with Crippen LogP contribution in [0.2, 0.25) is 0 Å². The van der Waals surface area contributed by atoms with Crippen molar-refractivity contribution in [2.75, 3.05) is 0 Å². The maximum atomic E-state index is 13.8. The summed E-state index contributed by atoms with van der Waals surface area (Å²) in [7, 11) is 0. The number of nitrogens with zero attached hydrogens (tertiary/aromatic N) is 1. The van der Waals surface area contributed by atoms with Crippen LogP contribution in [0.5, 0.6) is 0 Å². The zero-order valence-corrected chi connectivity index (χ0v) is 20.6. The van der Waals surface area contributed by atoms with E-state index in [4.69, 9.17) is 0 Å². The molecule has 35 heavy (non-hydrogen) atoms. The molecule has 7 nitrogen and oxygen atoms in total. The summed E-state index contributed by atoms with van der Waals surface area (Å²) >= 11 is 0. The van der Waals surface area contributed by atoms with Crippen molar-refractivity contribution in [2.24, 2.45) is 5.92 Å². The van der Waals surface area contributed by atoms with Gasteiger partial charge in [0.05, 0.1) is 6.04 Å². The molecule has 2 aliphatic heterocycles. The monoisotopic (exact) mass is 472 g/mol. The summed E-state index contributed by atoms with van der Waals surface area (Å²) in [5, 5.41) is 7.04. The predicted octanol–water partition coefficient (Wildman–Crippen LogP) is 3.69. The number of aromatic amines is 1. The SMILES string of the molecule is CC[C@@H](C)NC(=O)[C@@H](NC(=O)[C@@H]1Cc2c([nH]c3ccccc23)[C@H]2c3ccccc3C(=O)N21)C(C)C. The number of nitrogens with one attached hydrogen (secondary N) is 3. The molecule has 0 spiro atoms. The number of carbonyl (C=O) groups is 3. The first-order chi connectivity index (χ1) is 16.8. The van der Waals surface area contributed by atoms with Crippen molar-refractivity contribution >= 4 is 28.6 Å². The second kappa shape index (κ2) is 8.87. The zero-order valence-electron chi connectivity index (χ0n) is 20.6. The van der Waals surface area contributed by atoms with E-state index in [0.717, 1.165) is 34.1 Å². The molecule has 0 unspecified atom stereocenters. The van der Waals surface area contributed by atoms with Crippen LogP contribution in [0.25, 0.3) is 10.9 Å². The van der Waals surface area contributed by atoms with E-state index >= 15 is 0 Å². The normalized spacial score (nSPS) is 20.3. The molecule has 3 N–H and O–H groups in total. The van der Waals surface area contributed by atoms with E-state index in [-0.39, 0.29) is 35.7 Å². The Morgan fingerprint density at radius 2 is 1.77 bits per heavy atom. The van der Waals surface area contributed by atoms with Gasteiger partial charge in [-0.3, -0.25) is 14.4 Å². The van der Waals surface area contributed by atoms with Gasteiger partial charge in [-0.1, -0.05) is 57.2 Å². The average Bonchev–Trinajstić information content (AvgIpc) is 3.37. The summed E-state index contributed by atoms with van der Waals surface area (Å²) in [4.78, 5) is 45.5. The highest BCUT2D eigenvalue weighted by Gasteiger charge is 2.49. The van der Waals surface area contributed by atoms with E-state index in [9.17, 15) is 14.4 Å². The largest absolute Gasteiger partial charge is 0.356 e. The predicted molar refractivity (Wildman–Crippen MR) is 135 cm³/mol. The van der Waals surface area contributed by atoms with Gasteiger partial charge in [0.15, 0.2) is 0 Å². The second-order valence-electron chi connectivity index (χ2n) is 10.0. The Kier molecular flexibility index (Phi) is 5.87. The quantitative estimate of drug-likeness (QED) is 0.511. The van der Waals surface area contributed by atoms with Crippen LogP contribution in [-0.4, -0.2) is 45.7 Å². The van der Waals surface area contributed by atoms with E-state index in [1.165, 1.54) is 0 Å². The third-order valence-corrected chi connectivity index (χ3v) is 7.40. The van der Waals surface area contributed by atoms with Crippen LogP contribution in [0.1, 0.15) is 67.3 Å². The van der Waals surface area contributed by atoms with Crippen LogP contribution in [-0.2, 0) is 16.0 Å². The topological polar surface area (TPSA) is 94.3 Å². The molecule has 5 rings (SSSR count). The summed E-state index contributed by atoms with van der Waals surface area (Å²) in [6, 6.07) is 13.8. The van der Waals surface area contributed by atoms with E-state index in [0.29, 0.717) is 12.0 Å². The number of hydrogen-bond acceptors (Lipinski definition) is 3. The lowest BCUT2D eigenvalue weighted by molar-refractivity contribution is -0.133. The van der Waals surface area contributed by atoms with Gasteiger partial charge in [0.2, 0.25) is 11.8 Å². The van der Waals surface area contributed by atoms with Crippen molar-refractivity contribution in [2.45, 2.75) is 64.7 Å². The minimum absolute atomic E-state index is 0.0168. The Hall–Kier alpha value is -3.61. The first kappa shape index (κ1) is 23.1. The van der Waals surface area contributed by atoms with E-state index in [1.807, 2.05) is 70.2 Å². The highest BCUT2D eigenvalue weighted by Crippen LogP contribution is 2.46. The van der Waals surface area contributed by atoms with E-state index in [1.54, 1.807) is 4.90 Å². The van der Waals surface area contributed by atoms with Gasteiger partial charge >= 0.3 is 0 Å². The number of benzene rings is 2. The Morgan fingerprint density at radius 3 is 2.51 bits per heavy atom. The zero-order chi connectivity index (χ0) is 24.9. The molecule has 0 bridgehead atoms. The van der Waals surface area contributed by atoms with Crippen LogP contribution < -0.4 is 10.6 Å². The third kappa shape index (κ3) is 3.79. The number of fused-ring (bicyclic) bond motifs is 7. The molecule has 0 fully saturated rings. The lowest BCUT2D eigenvalue weighted by Crippen LogP contribution is -2.58. The maximum absolute atomic E-state index is 13.8. The summed E-state index contributed by atoms with van der Waals surface area (Å²) < 4.78 is 0. The van der Waals surface area contributed by atoms with Gasteiger partial charge < -0.3 is 20.5 Å². The van der Waals surface area contributed by atoms with Gasteiger partial charge in [0.1, 0.15) is 12.1 Å². The fourth-order valence-electron chi connectivity index (χ4n) is 5.36. The lowest BCUT2D eigenvalue weighted by atomic mass is 9.89. The summed E-state index contributed by atoms with van der Waals surface area (Å²) in [6.07, 6.45) is 1.19. The van der Waals surface area contributed by atoms with Gasteiger partial charge in [-0.15, -0.1) is 0 Å². The van der Waals surface area contributed by atoms with Crippen molar-refractivity contribution in [3.63, 3.8) is 0 Å². The van der Waals surface area contributed by atoms with Crippen molar-refractivity contribution in [3.8, 4) is 0 Å². The van der Waals surface area contributed by atoms with Crippen LogP contribution in [0.3, 0.4) is 0 Å². The summed E-state index contributed by atoms with van der Waals surface area (Å²) in [5.41, 5.74) is 4.53. The smallest absolute Gasteiger partial charge is 0.255 e. The second-order valence-corrected chi connectivity index (χ2v) is 10.0. The summed E-state index contributed by atoms with van der Waals surface area (Å²) in [5.74, 6) is -0.748. The molecule has 0 radical (unpaired) electrons. The number of amides is 3. The fraction of sp³-hybridized carbons (Fsp3) is 0.393. The summed E-state index contributed by atoms with van der Waals surface area (Å²) in [6.45, 7) is 7.78. The Labute approximate surface area is 205 Å². The molecule has 1 aromatic heterocycles. The van der Waals surface area contributed by atoms with Crippen LogP contribution in [0, 0.1) is 5.92 Å². The lowest BCUT2D eigenvalue weighted by Gasteiger charge is -2.38. The molecule has 0 saturated heterocycles. The molecule has 0 aliphatic carbocycles. The Morgan fingerprint density at radius 1 is 1.06 bits per heavy atom. The van der Waals surface area contributed by atoms with Crippen LogP contribution in [0.4, 0.5) is 0 Å². The number of rotatable bonds is 6. The minimum Gasteiger partial charge on any atom is -0.356 e. The molecule has 2 aromatic carbocycles. The Bertz CT molecular complexity index is 1310. The number of carbonyl (C=O) groups excluding carboxylic acids is 3. The van der Waals surface area contributed by atoms with Crippen molar-refractivity contribution < 1.29 is 14.4 Å². The molecule has 3 aromatic rings.